The van der Waals surface area contributed by atoms with Crippen molar-refractivity contribution in [2.45, 2.75) is 46.1 Å². The van der Waals surface area contributed by atoms with E-state index in [2.05, 4.69) is 4.98 Å². The van der Waals surface area contributed by atoms with Crippen LogP contribution in [0.5, 0.6) is 0 Å². The molecule has 0 fully saturated rings. The maximum absolute atomic E-state index is 12.6. The van der Waals surface area contributed by atoms with Crippen molar-refractivity contribution in [3.8, 4) is 0 Å². The molecule has 0 unspecified atom stereocenters. The van der Waals surface area contributed by atoms with Gasteiger partial charge in [0.15, 0.2) is 6.10 Å². The molecule has 0 radical (unpaired) electrons. The number of carbonyl (C=O) groups is 3. The van der Waals surface area contributed by atoms with Crippen LogP contribution in [0.15, 0.2) is 12.2 Å². The molecule has 0 saturated carbocycles. The first-order valence-corrected chi connectivity index (χ1v) is 8.04. The van der Waals surface area contributed by atoms with E-state index in [1.807, 2.05) is 12.2 Å². The molecular formula is C18H23NO5. The Balaban J connectivity index is 2.12. The molecule has 0 saturated heterocycles. The number of ether oxygens (including phenoxy) is 2. The highest BCUT2D eigenvalue weighted by Crippen LogP contribution is 2.23. The van der Waals surface area contributed by atoms with Gasteiger partial charge < -0.3 is 14.5 Å². The molecule has 1 aliphatic carbocycles. The van der Waals surface area contributed by atoms with E-state index in [4.69, 9.17) is 9.47 Å². The van der Waals surface area contributed by atoms with Crippen molar-refractivity contribution < 1.29 is 23.9 Å². The van der Waals surface area contributed by atoms with Crippen molar-refractivity contribution in [3.63, 3.8) is 0 Å². The van der Waals surface area contributed by atoms with E-state index in [0.717, 1.165) is 12.8 Å². The number of carbonyl (C=O) groups excluding carboxylic acids is 3. The van der Waals surface area contributed by atoms with Crippen LogP contribution in [0.1, 0.15) is 58.3 Å². The molecule has 1 heterocycles. The lowest BCUT2D eigenvalue weighted by atomic mass is 9.94. The zero-order chi connectivity index (χ0) is 17.9. The predicted octanol–water partition coefficient (Wildman–Crippen LogP) is 2.89. The summed E-state index contributed by atoms with van der Waals surface area (Å²) in [5.41, 5.74) is 1.68. The van der Waals surface area contributed by atoms with Crippen LogP contribution in [-0.2, 0) is 14.3 Å². The average molecular weight is 333 g/mol. The maximum Gasteiger partial charge on any atom is 0.339 e. The fraction of sp³-hybridized carbons (Fsp3) is 0.500. The molecule has 1 N–H and O–H groups in total. The third kappa shape index (κ3) is 3.58. The number of rotatable bonds is 5. The second-order valence-corrected chi connectivity index (χ2v) is 6.04. The Morgan fingerprint density at radius 3 is 2.54 bits per heavy atom. The third-order valence-electron chi connectivity index (χ3n) is 4.34. The lowest BCUT2D eigenvalue weighted by molar-refractivity contribution is -0.151. The number of methoxy groups -OCH3 is 1. The summed E-state index contributed by atoms with van der Waals surface area (Å²) < 4.78 is 10.1. The van der Waals surface area contributed by atoms with Gasteiger partial charge in [-0.05, 0) is 45.6 Å². The summed E-state index contributed by atoms with van der Waals surface area (Å²) >= 11 is 0. The highest BCUT2D eigenvalue weighted by Gasteiger charge is 2.29. The molecule has 1 aromatic rings. The fourth-order valence-corrected chi connectivity index (χ4v) is 2.94. The highest BCUT2D eigenvalue weighted by molar-refractivity contribution is 6.04. The smallest absolute Gasteiger partial charge is 0.339 e. The van der Waals surface area contributed by atoms with Crippen molar-refractivity contribution in [1.82, 2.24) is 4.98 Å². The molecule has 2 rings (SSSR count). The molecule has 0 spiro atoms. The van der Waals surface area contributed by atoms with Gasteiger partial charge in [-0.1, -0.05) is 12.2 Å². The number of aryl methyl sites for hydroxylation is 1. The lowest BCUT2D eigenvalue weighted by Gasteiger charge is -2.19. The third-order valence-corrected chi connectivity index (χ3v) is 4.34. The molecule has 0 amide bonds. The highest BCUT2D eigenvalue weighted by atomic mass is 16.5. The molecule has 1 aliphatic rings. The number of Topliss-reactive ketones (excluding diaryl/α,β-unsaturated/α-hetero) is 1. The van der Waals surface area contributed by atoms with E-state index in [1.165, 1.54) is 7.11 Å². The number of hydrogen-bond acceptors (Lipinski definition) is 5. The van der Waals surface area contributed by atoms with E-state index in [1.54, 1.807) is 20.8 Å². The molecule has 6 nitrogen and oxygen atoms in total. The van der Waals surface area contributed by atoms with E-state index in [9.17, 15) is 14.4 Å². The van der Waals surface area contributed by atoms with Gasteiger partial charge in [-0.3, -0.25) is 9.59 Å². The first-order chi connectivity index (χ1) is 11.4. The number of aromatic amines is 1. The summed E-state index contributed by atoms with van der Waals surface area (Å²) in [5, 5.41) is 0. The van der Waals surface area contributed by atoms with Crippen LogP contribution in [0.2, 0.25) is 0 Å². The van der Waals surface area contributed by atoms with E-state index in [0.29, 0.717) is 23.2 Å². The molecule has 6 heteroatoms. The van der Waals surface area contributed by atoms with Crippen LogP contribution in [0.25, 0.3) is 0 Å². The van der Waals surface area contributed by atoms with E-state index in [-0.39, 0.29) is 23.4 Å². The number of esters is 2. The maximum atomic E-state index is 12.6. The topological polar surface area (TPSA) is 85.5 Å². The molecule has 2 atom stereocenters. The fourth-order valence-electron chi connectivity index (χ4n) is 2.94. The number of H-pyrrole nitrogens is 1. The second kappa shape index (κ2) is 7.47. The zero-order valence-corrected chi connectivity index (χ0v) is 14.5. The number of allylic oxidation sites excluding steroid dienone is 2. The predicted molar refractivity (Wildman–Crippen MR) is 88.0 cm³/mol. The first-order valence-electron chi connectivity index (χ1n) is 8.04. The summed E-state index contributed by atoms with van der Waals surface area (Å²) in [6.07, 6.45) is 5.32. The normalized spacial score (nSPS) is 18.1. The summed E-state index contributed by atoms with van der Waals surface area (Å²) in [6, 6.07) is 0. The molecule has 0 bridgehead atoms. The molecule has 0 aromatic carbocycles. The van der Waals surface area contributed by atoms with Gasteiger partial charge in [0, 0.05) is 5.69 Å². The number of nitrogens with one attached hydrogen (secondary N) is 1. The Labute approximate surface area is 141 Å². The first kappa shape index (κ1) is 18.0. The van der Waals surface area contributed by atoms with Crippen LogP contribution < -0.4 is 0 Å². The van der Waals surface area contributed by atoms with E-state index >= 15 is 0 Å². The van der Waals surface area contributed by atoms with Gasteiger partial charge in [-0.25, -0.2) is 4.79 Å². The summed E-state index contributed by atoms with van der Waals surface area (Å²) in [5.74, 6) is -1.40. The van der Waals surface area contributed by atoms with Crippen molar-refractivity contribution in [1.29, 1.82) is 0 Å². The van der Waals surface area contributed by atoms with Crippen molar-refractivity contribution in [2.24, 2.45) is 5.92 Å². The minimum atomic E-state index is -0.911. The molecule has 24 heavy (non-hydrogen) atoms. The zero-order valence-electron chi connectivity index (χ0n) is 14.5. The van der Waals surface area contributed by atoms with Gasteiger partial charge in [0.05, 0.1) is 24.3 Å². The Morgan fingerprint density at radius 1 is 1.25 bits per heavy atom. The molecular weight excluding hydrogens is 310 g/mol. The number of ketones is 1. The number of aromatic nitrogens is 1. The lowest BCUT2D eigenvalue weighted by Crippen LogP contribution is -2.29. The summed E-state index contributed by atoms with van der Waals surface area (Å²) in [7, 11) is 1.29. The van der Waals surface area contributed by atoms with Crippen molar-refractivity contribution in [2.75, 3.05) is 7.11 Å². The SMILES string of the molecule is COC(=O)c1c(C)[nH]c(C(=O)[C@@H](C)OC(=O)[C@H]2CC=CCC2)c1C. The van der Waals surface area contributed by atoms with Crippen LogP contribution in [-0.4, -0.2) is 35.9 Å². The standard InChI is InChI=1S/C18H23NO5/c1-10-14(18(22)23-4)11(2)19-15(10)16(20)12(3)24-17(21)13-8-6-5-7-9-13/h5-6,12-13,19H,7-9H2,1-4H3/t12-,13+/m1/s1. The average Bonchev–Trinajstić information content (AvgIpc) is 2.88. The Hall–Kier alpha value is -2.37. The molecule has 0 aliphatic heterocycles. The summed E-state index contributed by atoms with van der Waals surface area (Å²) in [6.45, 7) is 4.91. The van der Waals surface area contributed by atoms with Gasteiger partial charge in [0.25, 0.3) is 0 Å². The van der Waals surface area contributed by atoms with Gasteiger partial charge in [0.1, 0.15) is 0 Å². The van der Waals surface area contributed by atoms with Crippen LogP contribution >= 0.6 is 0 Å². The van der Waals surface area contributed by atoms with Gasteiger partial charge in [-0.15, -0.1) is 0 Å². The molecule has 130 valence electrons. The van der Waals surface area contributed by atoms with Crippen LogP contribution in [0.4, 0.5) is 0 Å². The van der Waals surface area contributed by atoms with E-state index < -0.39 is 12.1 Å². The number of hydrogen-bond donors (Lipinski definition) is 1. The molecule has 1 aromatic heterocycles. The van der Waals surface area contributed by atoms with Gasteiger partial charge >= 0.3 is 11.9 Å². The second-order valence-electron chi connectivity index (χ2n) is 6.04. The van der Waals surface area contributed by atoms with Crippen molar-refractivity contribution >= 4 is 17.7 Å². The van der Waals surface area contributed by atoms with Crippen LogP contribution in [0.3, 0.4) is 0 Å². The largest absolute Gasteiger partial charge is 0.465 e. The van der Waals surface area contributed by atoms with Gasteiger partial charge in [-0.2, -0.15) is 0 Å². The van der Waals surface area contributed by atoms with Crippen molar-refractivity contribution in [3.05, 3.63) is 34.7 Å². The quantitative estimate of drug-likeness (QED) is 0.509. The Morgan fingerprint density at radius 2 is 1.96 bits per heavy atom. The van der Waals surface area contributed by atoms with Crippen LogP contribution in [0, 0.1) is 19.8 Å². The minimum Gasteiger partial charge on any atom is -0.465 e. The summed E-state index contributed by atoms with van der Waals surface area (Å²) in [4.78, 5) is 39.5. The minimum absolute atomic E-state index is 0.192. The monoisotopic (exact) mass is 333 g/mol. The van der Waals surface area contributed by atoms with Gasteiger partial charge in [0.2, 0.25) is 5.78 Å². The Kier molecular flexibility index (Phi) is 5.59. The Bertz CT molecular complexity index is 686.